The molecule has 90 valence electrons. The van der Waals surface area contributed by atoms with Gasteiger partial charge < -0.3 is 16.8 Å². The number of hydrogen-bond donors (Lipinski definition) is 3. The summed E-state index contributed by atoms with van der Waals surface area (Å²) in [6.45, 7) is 2.13. The number of rotatable bonds is 6. The minimum atomic E-state index is -3.06. The molecule has 0 aliphatic carbocycles. The topological polar surface area (TPSA) is 81.1 Å². The van der Waals surface area contributed by atoms with Crippen LogP contribution in [0, 0.1) is 5.92 Å². The van der Waals surface area contributed by atoms with Crippen molar-refractivity contribution in [2.24, 2.45) is 17.4 Å². The van der Waals surface area contributed by atoms with Crippen LogP contribution in [-0.2, 0) is 4.79 Å². The lowest BCUT2D eigenvalue weighted by atomic mass is 9.99. The standard InChI is InChI=1S/C9H19F2N3O/c1-3-6(2)7(13)8(15)14-5-9(10,11)4-12/h6-7H,3-5,12-13H2,1-2H3,(H,14,15). The van der Waals surface area contributed by atoms with Crippen LogP contribution >= 0.6 is 0 Å². The summed E-state index contributed by atoms with van der Waals surface area (Å²) in [5.74, 6) is -3.65. The monoisotopic (exact) mass is 223 g/mol. The maximum Gasteiger partial charge on any atom is 0.277 e. The summed E-state index contributed by atoms with van der Waals surface area (Å²) in [5, 5.41) is 2.09. The molecule has 0 spiro atoms. The minimum absolute atomic E-state index is 0.0310. The van der Waals surface area contributed by atoms with E-state index in [1.807, 2.05) is 6.92 Å². The number of nitrogens with one attached hydrogen (secondary N) is 1. The third kappa shape index (κ3) is 5.03. The fourth-order valence-corrected chi connectivity index (χ4v) is 0.919. The Hall–Kier alpha value is -0.750. The van der Waals surface area contributed by atoms with Gasteiger partial charge in [0, 0.05) is 0 Å². The number of amides is 1. The van der Waals surface area contributed by atoms with Crippen LogP contribution < -0.4 is 16.8 Å². The first-order valence-corrected chi connectivity index (χ1v) is 4.95. The van der Waals surface area contributed by atoms with Crippen LogP contribution in [0.25, 0.3) is 0 Å². The lowest BCUT2D eigenvalue weighted by molar-refractivity contribution is -0.125. The zero-order valence-corrected chi connectivity index (χ0v) is 9.09. The van der Waals surface area contributed by atoms with Crippen LogP contribution in [0.15, 0.2) is 0 Å². The van der Waals surface area contributed by atoms with E-state index >= 15 is 0 Å². The molecule has 0 saturated carbocycles. The predicted octanol–water partition coefficient (Wildman–Crippen LogP) is 0.0700. The summed E-state index contributed by atoms with van der Waals surface area (Å²) < 4.78 is 25.4. The van der Waals surface area contributed by atoms with Gasteiger partial charge in [0.2, 0.25) is 5.91 Å². The summed E-state index contributed by atoms with van der Waals surface area (Å²) >= 11 is 0. The number of halogens is 2. The molecule has 0 aliphatic rings. The lowest BCUT2D eigenvalue weighted by Crippen LogP contribution is -2.49. The molecule has 0 aromatic carbocycles. The highest BCUT2D eigenvalue weighted by Crippen LogP contribution is 2.10. The summed E-state index contributed by atoms with van der Waals surface area (Å²) in [7, 11) is 0. The molecule has 0 rings (SSSR count). The minimum Gasteiger partial charge on any atom is -0.349 e. The summed E-state index contributed by atoms with van der Waals surface area (Å²) in [6, 6.07) is -0.747. The molecule has 2 atom stereocenters. The molecule has 0 aliphatic heterocycles. The Morgan fingerprint density at radius 1 is 1.53 bits per heavy atom. The molecule has 6 heteroatoms. The fourth-order valence-electron chi connectivity index (χ4n) is 0.919. The quantitative estimate of drug-likeness (QED) is 0.596. The molecule has 2 unspecified atom stereocenters. The zero-order valence-electron chi connectivity index (χ0n) is 9.09. The largest absolute Gasteiger partial charge is 0.349 e. The van der Waals surface area contributed by atoms with Crippen molar-refractivity contribution < 1.29 is 13.6 Å². The van der Waals surface area contributed by atoms with Gasteiger partial charge in [-0.25, -0.2) is 8.78 Å². The Morgan fingerprint density at radius 2 is 2.07 bits per heavy atom. The molecule has 0 fully saturated rings. The van der Waals surface area contributed by atoms with Crippen molar-refractivity contribution in [1.29, 1.82) is 0 Å². The molecule has 0 saturated heterocycles. The SMILES string of the molecule is CCC(C)C(N)C(=O)NCC(F)(F)CN. The van der Waals surface area contributed by atoms with Gasteiger partial charge >= 0.3 is 0 Å². The molecule has 5 N–H and O–H groups in total. The Bertz CT molecular complexity index is 212. The first-order valence-electron chi connectivity index (χ1n) is 4.95. The lowest BCUT2D eigenvalue weighted by Gasteiger charge is -2.20. The second kappa shape index (κ2) is 5.97. The molecule has 0 radical (unpaired) electrons. The van der Waals surface area contributed by atoms with Gasteiger partial charge in [-0.15, -0.1) is 0 Å². The number of carbonyl (C=O) groups is 1. The van der Waals surface area contributed by atoms with E-state index in [0.717, 1.165) is 6.42 Å². The average molecular weight is 223 g/mol. The zero-order chi connectivity index (χ0) is 12.1. The summed E-state index contributed by atoms with van der Waals surface area (Å²) in [5.41, 5.74) is 10.4. The maximum absolute atomic E-state index is 12.7. The van der Waals surface area contributed by atoms with Crippen LogP contribution in [0.5, 0.6) is 0 Å². The number of hydrogen-bond acceptors (Lipinski definition) is 3. The van der Waals surface area contributed by atoms with E-state index in [2.05, 4.69) is 5.32 Å². The van der Waals surface area contributed by atoms with Gasteiger partial charge in [-0.05, 0) is 5.92 Å². The molecule has 0 aromatic heterocycles. The van der Waals surface area contributed by atoms with Crippen LogP contribution in [-0.4, -0.2) is 31.0 Å². The van der Waals surface area contributed by atoms with Gasteiger partial charge in [-0.2, -0.15) is 0 Å². The molecule has 0 aromatic rings. The first kappa shape index (κ1) is 14.2. The molecule has 4 nitrogen and oxygen atoms in total. The third-order valence-corrected chi connectivity index (χ3v) is 2.38. The Balaban J connectivity index is 4.04. The first-order chi connectivity index (χ1) is 6.84. The van der Waals surface area contributed by atoms with Crippen molar-refractivity contribution in [2.75, 3.05) is 13.1 Å². The van der Waals surface area contributed by atoms with Gasteiger partial charge in [0.1, 0.15) is 0 Å². The van der Waals surface area contributed by atoms with E-state index in [1.54, 1.807) is 6.92 Å². The van der Waals surface area contributed by atoms with Crippen LogP contribution in [0.4, 0.5) is 8.78 Å². The van der Waals surface area contributed by atoms with E-state index in [1.165, 1.54) is 0 Å². The molecule has 15 heavy (non-hydrogen) atoms. The molecule has 0 bridgehead atoms. The number of carbonyl (C=O) groups excluding carboxylic acids is 1. The third-order valence-electron chi connectivity index (χ3n) is 2.38. The predicted molar refractivity (Wildman–Crippen MR) is 54.4 cm³/mol. The van der Waals surface area contributed by atoms with E-state index in [4.69, 9.17) is 11.5 Å². The van der Waals surface area contributed by atoms with Crippen molar-refractivity contribution in [3.63, 3.8) is 0 Å². The molecule has 1 amide bonds. The van der Waals surface area contributed by atoms with Gasteiger partial charge in [0.15, 0.2) is 0 Å². The van der Waals surface area contributed by atoms with E-state index in [0.29, 0.717) is 0 Å². The van der Waals surface area contributed by atoms with Crippen LogP contribution in [0.2, 0.25) is 0 Å². The second-order valence-electron chi connectivity index (χ2n) is 3.69. The normalized spacial score (nSPS) is 15.9. The highest BCUT2D eigenvalue weighted by Gasteiger charge is 2.29. The molecular formula is C9H19F2N3O. The fraction of sp³-hybridized carbons (Fsp3) is 0.889. The Labute approximate surface area is 88.4 Å². The highest BCUT2D eigenvalue weighted by molar-refractivity contribution is 5.81. The second-order valence-corrected chi connectivity index (χ2v) is 3.69. The van der Waals surface area contributed by atoms with Crippen molar-refractivity contribution in [3.05, 3.63) is 0 Å². The summed E-state index contributed by atoms with van der Waals surface area (Å²) in [4.78, 5) is 11.3. The summed E-state index contributed by atoms with van der Waals surface area (Å²) in [6.07, 6.45) is 0.724. The molecule has 0 heterocycles. The van der Waals surface area contributed by atoms with Crippen LogP contribution in [0.3, 0.4) is 0 Å². The van der Waals surface area contributed by atoms with E-state index in [-0.39, 0.29) is 5.92 Å². The number of alkyl halides is 2. The van der Waals surface area contributed by atoms with Gasteiger partial charge in [0.05, 0.1) is 19.1 Å². The smallest absolute Gasteiger partial charge is 0.277 e. The van der Waals surface area contributed by atoms with E-state index in [9.17, 15) is 13.6 Å². The van der Waals surface area contributed by atoms with Gasteiger partial charge in [-0.1, -0.05) is 20.3 Å². The Kier molecular flexibility index (Phi) is 5.67. The number of nitrogens with two attached hydrogens (primary N) is 2. The van der Waals surface area contributed by atoms with E-state index < -0.39 is 31.0 Å². The van der Waals surface area contributed by atoms with Crippen molar-refractivity contribution in [3.8, 4) is 0 Å². The highest BCUT2D eigenvalue weighted by atomic mass is 19.3. The maximum atomic E-state index is 12.7. The van der Waals surface area contributed by atoms with Crippen molar-refractivity contribution >= 4 is 5.91 Å². The van der Waals surface area contributed by atoms with Crippen molar-refractivity contribution in [2.45, 2.75) is 32.2 Å². The van der Waals surface area contributed by atoms with Gasteiger partial charge in [-0.3, -0.25) is 4.79 Å². The molecular weight excluding hydrogens is 204 g/mol. The van der Waals surface area contributed by atoms with Crippen molar-refractivity contribution in [1.82, 2.24) is 5.32 Å². The average Bonchev–Trinajstić information content (AvgIpc) is 2.23. The van der Waals surface area contributed by atoms with Gasteiger partial charge in [0.25, 0.3) is 5.92 Å². The Morgan fingerprint density at radius 3 is 2.47 bits per heavy atom. The van der Waals surface area contributed by atoms with Crippen LogP contribution in [0.1, 0.15) is 20.3 Å².